The minimum atomic E-state index is -0.734. The Morgan fingerprint density at radius 3 is 2.20 bits per heavy atom. The Morgan fingerprint density at radius 1 is 1.03 bits per heavy atom. The third-order valence-corrected chi connectivity index (χ3v) is 4.93. The minimum Gasteiger partial charge on any atom is -0.345 e. The average molecular weight is 429 g/mol. The van der Waals surface area contributed by atoms with E-state index in [-0.39, 0.29) is 5.91 Å². The summed E-state index contributed by atoms with van der Waals surface area (Å²) in [7, 11) is 3.30. The maximum absolute atomic E-state index is 12.8. The van der Waals surface area contributed by atoms with Crippen molar-refractivity contribution in [1.82, 2.24) is 9.80 Å². The normalized spacial score (nSPS) is 16.1. The number of carbonyl (C=O) groups is 4. The van der Waals surface area contributed by atoms with Crippen LogP contribution in [0.25, 0.3) is 0 Å². The van der Waals surface area contributed by atoms with Crippen LogP contribution in [0.15, 0.2) is 48.5 Å². The van der Waals surface area contributed by atoms with Gasteiger partial charge in [0.1, 0.15) is 12.6 Å². The smallest absolute Gasteiger partial charge is 0.332 e. The molecular weight excluding hydrogens is 408 g/mol. The van der Waals surface area contributed by atoms with Crippen molar-refractivity contribution >= 4 is 46.7 Å². The number of urea groups is 1. The van der Waals surface area contributed by atoms with Gasteiger partial charge in [0.15, 0.2) is 0 Å². The van der Waals surface area contributed by atoms with Gasteiger partial charge in [0, 0.05) is 36.1 Å². The Kier molecular flexibility index (Phi) is 6.07. The van der Waals surface area contributed by atoms with Crippen molar-refractivity contribution in [2.75, 3.05) is 30.9 Å². The van der Waals surface area contributed by atoms with Crippen LogP contribution in [0.5, 0.6) is 0 Å². The topological polar surface area (TPSA) is 90.0 Å². The van der Waals surface area contributed by atoms with Gasteiger partial charge >= 0.3 is 6.03 Å². The summed E-state index contributed by atoms with van der Waals surface area (Å²) >= 11 is 5.88. The van der Waals surface area contributed by atoms with Crippen LogP contribution in [0.2, 0.25) is 5.02 Å². The second kappa shape index (κ2) is 8.54. The molecule has 1 heterocycles. The molecule has 0 aliphatic carbocycles. The summed E-state index contributed by atoms with van der Waals surface area (Å²) in [5.74, 6) is -1.14. The van der Waals surface area contributed by atoms with Crippen LogP contribution in [0.3, 0.4) is 0 Å². The fourth-order valence-electron chi connectivity index (χ4n) is 3.11. The molecular formula is C21H21ClN4O4. The highest BCUT2D eigenvalue weighted by Crippen LogP contribution is 2.27. The maximum Gasteiger partial charge on any atom is 0.332 e. The van der Waals surface area contributed by atoms with Crippen molar-refractivity contribution in [3.63, 3.8) is 0 Å². The summed E-state index contributed by atoms with van der Waals surface area (Å²) in [5, 5.41) is 3.15. The Hall–Kier alpha value is -3.39. The number of benzene rings is 2. The Labute approximate surface area is 179 Å². The van der Waals surface area contributed by atoms with Crippen molar-refractivity contribution in [3.8, 4) is 0 Å². The van der Waals surface area contributed by atoms with Crippen LogP contribution in [0.1, 0.15) is 17.3 Å². The van der Waals surface area contributed by atoms with Crippen molar-refractivity contribution in [2.45, 2.75) is 13.0 Å². The fourth-order valence-corrected chi connectivity index (χ4v) is 3.23. The largest absolute Gasteiger partial charge is 0.345 e. The molecule has 1 aliphatic rings. The number of halogens is 1. The molecule has 1 saturated heterocycles. The molecule has 8 nitrogen and oxygen atoms in total. The van der Waals surface area contributed by atoms with Gasteiger partial charge in [0.2, 0.25) is 5.91 Å². The monoisotopic (exact) mass is 428 g/mol. The Balaban J connectivity index is 1.67. The molecule has 1 N–H and O–H groups in total. The van der Waals surface area contributed by atoms with Gasteiger partial charge in [-0.1, -0.05) is 11.6 Å². The highest BCUT2D eigenvalue weighted by Gasteiger charge is 2.44. The van der Waals surface area contributed by atoms with E-state index in [1.807, 2.05) is 0 Å². The molecule has 0 aromatic heterocycles. The van der Waals surface area contributed by atoms with E-state index in [1.165, 1.54) is 9.80 Å². The van der Waals surface area contributed by atoms with Gasteiger partial charge in [0.05, 0.1) is 0 Å². The number of nitrogens with one attached hydrogen (secondary N) is 1. The lowest BCUT2D eigenvalue weighted by atomic mass is 10.2. The van der Waals surface area contributed by atoms with E-state index in [4.69, 9.17) is 11.6 Å². The van der Waals surface area contributed by atoms with Crippen LogP contribution < -0.4 is 10.2 Å². The quantitative estimate of drug-likeness (QED) is 0.741. The van der Waals surface area contributed by atoms with Gasteiger partial charge in [-0.3, -0.25) is 24.2 Å². The van der Waals surface area contributed by atoms with Crippen molar-refractivity contribution in [2.24, 2.45) is 0 Å². The van der Waals surface area contributed by atoms with Crippen LogP contribution in [-0.4, -0.2) is 60.2 Å². The number of amides is 5. The molecule has 1 aliphatic heterocycles. The van der Waals surface area contributed by atoms with Crippen LogP contribution >= 0.6 is 11.6 Å². The van der Waals surface area contributed by atoms with E-state index < -0.39 is 30.4 Å². The molecule has 2 aromatic carbocycles. The summed E-state index contributed by atoms with van der Waals surface area (Å²) in [5.41, 5.74) is 1.46. The molecule has 1 fully saturated rings. The standard InChI is InChI=1S/C21H21ClN4O4/c1-13-19(28)25(21(30)26(13)17-10-6-15(22)7-11-17)12-18(27)23-16-8-4-14(5-9-16)20(29)24(2)3/h4-11,13H,12H2,1-3H3,(H,23,27)/t13-/m1/s1. The SMILES string of the molecule is C[C@@H]1C(=O)N(CC(=O)Nc2ccc(C(=O)N(C)C)cc2)C(=O)N1c1ccc(Cl)cc1. The molecule has 0 radical (unpaired) electrons. The first-order valence-electron chi connectivity index (χ1n) is 9.20. The summed E-state index contributed by atoms with van der Waals surface area (Å²) in [6.07, 6.45) is 0. The highest BCUT2D eigenvalue weighted by molar-refractivity contribution is 6.30. The molecule has 2 aromatic rings. The fraction of sp³-hybridized carbons (Fsp3) is 0.238. The van der Waals surface area contributed by atoms with Gasteiger partial charge in [-0.25, -0.2) is 4.79 Å². The molecule has 1 atom stereocenters. The van der Waals surface area contributed by atoms with Crippen LogP contribution in [0, 0.1) is 0 Å². The second-order valence-electron chi connectivity index (χ2n) is 7.05. The van der Waals surface area contributed by atoms with E-state index in [0.29, 0.717) is 22.0 Å². The molecule has 0 bridgehead atoms. The first-order valence-corrected chi connectivity index (χ1v) is 9.58. The Bertz CT molecular complexity index is 989. The van der Waals surface area contributed by atoms with Crippen molar-refractivity contribution in [1.29, 1.82) is 0 Å². The summed E-state index contributed by atoms with van der Waals surface area (Å²) in [4.78, 5) is 53.3. The number of hydrogen-bond donors (Lipinski definition) is 1. The van der Waals surface area contributed by atoms with Gasteiger partial charge in [0.25, 0.3) is 11.8 Å². The van der Waals surface area contributed by atoms with Crippen molar-refractivity contribution < 1.29 is 19.2 Å². The lowest BCUT2D eigenvalue weighted by Crippen LogP contribution is -2.39. The predicted molar refractivity (Wildman–Crippen MR) is 114 cm³/mol. The molecule has 3 rings (SSSR count). The van der Waals surface area contributed by atoms with E-state index in [2.05, 4.69) is 5.32 Å². The zero-order valence-electron chi connectivity index (χ0n) is 16.8. The number of carbonyl (C=O) groups excluding carboxylic acids is 4. The summed E-state index contributed by atoms with van der Waals surface area (Å²) in [6.45, 7) is 1.19. The lowest BCUT2D eigenvalue weighted by molar-refractivity contribution is -0.130. The van der Waals surface area contributed by atoms with E-state index in [0.717, 1.165) is 4.90 Å². The van der Waals surface area contributed by atoms with Crippen LogP contribution in [0.4, 0.5) is 16.2 Å². The number of nitrogens with zero attached hydrogens (tertiary/aromatic N) is 3. The summed E-state index contributed by atoms with van der Waals surface area (Å²) < 4.78 is 0. The maximum atomic E-state index is 12.8. The molecule has 30 heavy (non-hydrogen) atoms. The third-order valence-electron chi connectivity index (χ3n) is 4.68. The van der Waals surface area contributed by atoms with E-state index in [1.54, 1.807) is 69.6 Å². The number of hydrogen-bond acceptors (Lipinski definition) is 4. The second-order valence-corrected chi connectivity index (χ2v) is 7.49. The van der Waals surface area contributed by atoms with Gasteiger partial charge < -0.3 is 10.2 Å². The van der Waals surface area contributed by atoms with Crippen molar-refractivity contribution in [3.05, 3.63) is 59.1 Å². The zero-order chi connectivity index (χ0) is 22.0. The molecule has 9 heteroatoms. The first-order chi connectivity index (χ1) is 14.2. The van der Waals surface area contributed by atoms with Gasteiger partial charge in [-0.15, -0.1) is 0 Å². The lowest BCUT2D eigenvalue weighted by Gasteiger charge is -2.19. The number of rotatable bonds is 5. The third kappa shape index (κ3) is 4.28. The molecule has 5 amide bonds. The number of anilines is 2. The molecule has 0 saturated carbocycles. The molecule has 156 valence electrons. The van der Waals surface area contributed by atoms with Gasteiger partial charge in [-0.2, -0.15) is 0 Å². The highest BCUT2D eigenvalue weighted by atomic mass is 35.5. The average Bonchev–Trinajstić information content (AvgIpc) is 2.92. The summed E-state index contributed by atoms with van der Waals surface area (Å²) in [6, 6.07) is 11.6. The molecule has 0 spiro atoms. The molecule has 0 unspecified atom stereocenters. The minimum absolute atomic E-state index is 0.155. The van der Waals surface area contributed by atoms with E-state index in [9.17, 15) is 19.2 Å². The van der Waals surface area contributed by atoms with Crippen LogP contribution in [-0.2, 0) is 9.59 Å². The first kappa shape index (κ1) is 21.3. The van der Waals surface area contributed by atoms with E-state index >= 15 is 0 Å². The zero-order valence-corrected chi connectivity index (χ0v) is 17.5. The number of imide groups is 1. The van der Waals surface area contributed by atoms with Gasteiger partial charge in [-0.05, 0) is 55.5 Å². The predicted octanol–water partition coefficient (Wildman–Crippen LogP) is 2.84. The Morgan fingerprint density at radius 2 is 1.63 bits per heavy atom.